The zero-order valence-electron chi connectivity index (χ0n) is 26.0. The van der Waals surface area contributed by atoms with Gasteiger partial charge in [0.05, 0.1) is 33.1 Å². The van der Waals surface area contributed by atoms with E-state index >= 15 is 0 Å². The number of fused-ring (bicyclic) bond motifs is 1. The topological polar surface area (TPSA) is 327 Å². The molecule has 52 heavy (non-hydrogen) atoms. The summed E-state index contributed by atoms with van der Waals surface area (Å²) in [6, 6.07) is 15.4. The van der Waals surface area contributed by atoms with E-state index in [9.17, 15) is 54.1 Å². The van der Waals surface area contributed by atoms with Crippen LogP contribution in [-0.4, -0.2) is 48.9 Å². The Balaban J connectivity index is 1.60. The Hall–Kier alpha value is -6.11. The number of nitrogen functional groups attached to an aromatic ring is 1. The minimum Gasteiger partial charge on any atom is -0.505 e. The number of phenols is 1. The van der Waals surface area contributed by atoms with Crippen LogP contribution in [-0.2, 0) is 30.4 Å². The van der Waals surface area contributed by atoms with Crippen LogP contribution in [0, 0.1) is 17.0 Å². The first-order valence-corrected chi connectivity index (χ1v) is 18.3. The summed E-state index contributed by atoms with van der Waals surface area (Å²) in [4.78, 5) is 7.69. The lowest BCUT2D eigenvalue weighted by molar-refractivity contribution is -0.384. The highest BCUT2D eigenvalue weighted by Crippen LogP contribution is 2.48. The first-order chi connectivity index (χ1) is 24.3. The van der Waals surface area contributed by atoms with Crippen molar-refractivity contribution in [2.75, 3.05) is 5.73 Å². The van der Waals surface area contributed by atoms with Gasteiger partial charge in [-0.3, -0.25) is 23.8 Å². The third-order valence-corrected chi connectivity index (χ3v) is 9.72. The van der Waals surface area contributed by atoms with Gasteiger partial charge in [0.1, 0.15) is 31.7 Å². The van der Waals surface area contributed by atoms with Gasteiger partial charge in [-0.15, -0.1) is 15.3 Å². The Morgan fingerprint density at radius 3 is 1.79 bits per heavy atom. The van der Waals surface area contributed by atoms with Gasteiger partial charge in [0, 0.05) is 17.5 Å². The summed E-state index contributed by atoms with van der Waals surface area (Å²) < 4.78 is 102. The van der Waals surface area contributed by atoms with Crippen molar-refractivity contribution in [1.29, 1.82) is 0 Å². The highest BCUT2D eigenvalue weighted by atomic mass is 32.2. The van der Waals surface area contributed by atoms with E-state index in [1.54, 1.807) is 6.92 Å². The minimum absolute atomic E-state index is 0.0498. The van der Waals surface area contributed by atoms with Gasteiger partial charge in [0.2, 0.25) is 0 Å². The number of azo groups is 3. The molecule has 0 bridgehead atoms. The second-order valence-electron chi connectivity index (χ2n) is 10.5. The maximum atomic E-state index is 12.4. The molecule has 0 radical (unpaired) electrons. The Kier molecular flexibility index (Phi) is 9.93. The molecule has 5 rings (SSSR count). The maximum absolute atomic E-state index is 12.4. The third kappa shape index (κ3) is 7.93. The number of phenolic OH excluding ortho intramolecular Hbond substituents is 1. The number of hydrogen-bond donors (Lipinski definition) is 5. The molecule has 0 spiro atoms. The molecule has 5 aromatic rings. The predicted molar refractivity (Wildman–Crippen MR) is 183 cm³/mol. The van der Waals surface area contributed by atoms with Crippen molar-refractivity contribution in [3.8, 4) is 5.75 Å². The van der Waals surface area contributed by atoms with E-state index in [-0.39, 0.29) is 28.4 Å². The van der Waals surface area contributed by atoms with Crippen LogP contribution in [0.5, 0.6) is 5.75 Å². The smallest absolute Gasteiger partial charge is 0.296 e. The van der Waals surface area contributed by atoms with Crippen LogP contribution in [0.3, 0.4) is 0 Å². The zero-order valence-corrected chi connectivity index (χ0v) is 28.4. The average Bonchev–Trinajstić information content (AvgIpc) is 3.05. The van der Waals surface area contributed by atoms with Gasteiger partial charge in [-0.2, -0.15) is 40.6 Å². The molecule has 0 heterocycles. The van der Waals surface area contributed by atoms with Crippen LogP contribution in [0.2, 0.25) is 0 Å². The molecule has 268 valence electrons. The average molecular weight is 771 g/mol. The Morgan fingerprint density at radius 2 is 1.19 bits per heavy atom. The van der Waals surface area contributed by atoms with E-state index in [1.807, 2.05) is 0 Å². The molecule has 0 unspecified atom stereocenters. The van der Waals surface area contributed by atoms with Crippen molar-refractivity contribution in [1.82, 2.24) is 0 Å². The quantitative estimate of drug-likeness (QED) is 0.0305. The maximum Gasteiger partial charge on any atom is 0.296 e. The van der Waals surface area contributed by atoms with Gasteiger partial charge in [0.15, 0.2) is 5.75 Å². The predicted octanol–water partition coefficient (Wildman–Crippen LogP) is 7.33. The molecule has 0 fully saturated rings. The first kappa shape index (κ1) is 37.2. The number of nitrogens with zero attached hydrogens (tertiary/aromatic N) is 7. The van der Waals surface area contributed by atoms with Crippen LogP contribution < -0.4 is 5.73 Å². The molecule has 6 N–H and O–H groups in total. The van der Waals surface area contributed by atoms with Crippen molar-refractivity contribution in [2.45, 2.75) is 21.6 Å². The molecule has 0 aliphatic heterocycles. The molecule has 0 amide bonds. The van der Waals surface area contributed by atoms with Crippen molar-refractivity contribution >= 4 is 86.6 Å². The molecule has 5 aromatic carbocycles. The van der Waals surface area contributed by atoms with E-state index in [0.29, 0.717) is 11.6 Å². The molecular formula is C29H22N8O12S3. The number of aromatic hydroxyl groups is 1. The van der Waals surface area contributed by atoms with Crippen LogP contribution >= 0.6 is 0 Å². The highest BCUT2D eigenvalue weighted by molar-refractivity contribution is 7.86. The Labute approximate surface area is 293 Å². The molecule has 0 saturated heterocycles. The lowest BCUT2D eigenvalue weighted by atomic mass is 10.0. The SMILES string of the molecule is Cc1cc(N=Nc2cc(S(=O)(=O)O)c3cc(S(=O)(=O)O)c(N=Nc4ccc([N+](=O)[O-])cc4)c(O)c3c2N)ccc1N=Nc1ccccc1S(=O)(=O)O. The number of non-ortho nitro benzene ring substituents is 1. The molecule has 23 heteroatoms. The fourth-order valence-electron chi connectivity index (χ4n) is 4.64. The lowest BCUT2D eigenvalue weighted by Gasteiger charge is -2.14. The second kappa shape index (κ2) is 13.9. The fourth-order valence-corrected chi connectivity index (χ4v) is 6.61. The number of rotatable bonds is 10. The van der Waals surface area contributed by atoms with Gasteiger partial charge in [-0.25, -0.2) is 0 Å². The highest BCUT2D eigenvalue weighted by Gasteiger charge is 2.28. The summed E-state index contributed by atoms with van der Waals surface area (Å²) in [6.07, 6.45) is 0. The third-order valence-electron chi connectivity index (χ3n) is 7.06. The number of hydrogen-bond acceptors (Lipinski definition) is 16. The molecule has 0 aliphatic carbocycles. The standard InChI is InChI=1S/C29H22N8O12S3/c1-15-12-17(8-11-20(15)33-34-21-4-2-3-5-23(21)50(41,42)43)32-35-22-14-24(51(44,45)46)19-13-25(52(47,48)49)28(29(38)26(19)27(22)30)36-31-16-6-9-18(10-7-16)37(39)40/h2-14,38H,30H2,1H3,(H,41,42,43)(H,44,45,46)(H,47,48,49). The normalized spacial score (nSPS) is 12.8. The Morgan fingerprint density at radius 1 is 0.635 bits per heavy atom. The van der Waals surface area contributed by atoms with Crippen molar-refractivity contribution in [3.63, 3.8) is 0 Å². The monoisotopic (exact) mass is 770 g/mol. The molecule has 0 atom stereocenters. The van der Waals surface area contributed by atoms with Crippen molar-refractivity contribution < 1.29 is 48.9 Å². The Bertz CT molecular complexity index is 2720. The molecule has 20 nitrogen and oxygen atoms in total. The molecular weight excluding hydrogens is 749 g/mol. The van der Waals surface area contributed by atoms with Crippen molar-refractivity contribution in [3.05, 3.63) is 94.5 Å². The number of benzene rings is 5. The van der Waals surface area contributed by atoms with E-state index in [4.69, 9.17) is 5.73 Å². The number of nitro groups is 1. The summed E-state index contributed by atoms with van der Waals surface area (Å²) in [5.41, 5.74) is 4.81. The van der Waals surface area contributed by atoms with Crippen LogP contribution in [0.4, 0.5) is 45.5 Å². The van der Waals surface area contributed by atoms with Gasteiger partial charge < -0.3 is 10.8 Å². The zero-order chi connectivity index (χ0) is 38.2. The fraction of sp³-hybridized carbons (Fsp3) is 0.0345. The number of nitro benzene ring substituents is 1. The van der Waals surface area contributed by atoms with Crippen LogP contribution in [0.15, 0.2) is 124 Å². The van der Waals surface area contributed by atoms with Crippen LogP contribution in [0.1, 0.15) is 5.56 Å². The van der Waals surface area contributed by atoms with Gasteiger partial charge in [-0.1, -0.05) is 12.1 Å². The minimum atomic E-state index is -5.25. The van der Waals surface area contributed by atoms with E-state index in [0.717, 1.165) is 36.4 Å². The van der Waals surface area contributed by atoms with E-state index < -0.39 is 83.5 Å². The summed E-state index contributed by atoms with van der Waals surface area (Å²) >= 11 is 0. The number of anilines is 1. The number of nitrogens with two attached hydrogens (primary N) is 1. The summed E-state index contributed by atoms with van der Waals surface area (Å²) in [5, 5.41) is 44.2. The summed E-state index contributed by atoms with van der Waals surface area (Å²) in [6.45, 7) is 1.60. The van der Waals surface area contributed by atoms with Gasteiger partial charge >= 0.3 is 0 Å². The first-order valence-electron chi connectivity index (χ1n) is 14.0. The van der Waals surface area contributed by atoms with Crippen LogP contribution in [0.25, 0.3) is 10.8 Å². The van der Waals surface area contributed by atoms with Gasteiger partial charge in [0.25, 0.3) is 36.0 Å². The molecule has 0 aliphatic rings. The number of aryl methyl sites for hydroxylation is 1. The summed E-state index contributed by atoms with van der Waals surface area (Å²) in [5.74, 6) is -1.10. The summed E-state index contributed by atoms with van der Waals surface area (Å²) in [7, 11) is -15.0. The van der Waals surface area contributed by atoms with Crippen molar-refractivity contribution in [2.24, 2.45) is 30.7 Å². The largest absolute Gasteiger partial charge is 0.505 e. The molecule has 0 aromatic heterocycles. The second-order valence-corrected chi connectivity index (χ2v) is 14.7. The lowest BCUT2D eigenvalue weighted by Crippen LogP contribution is -2.04. The van der Waals surface area contributed by atoms with Gasteiger partial charge in [-0.05, 0) is 67.1 Å². The molecule has 0 saturated carbocycles. The van der Waals surface area contributed by atoms with E-state index in [1.165, 1.54) is 36.4 Å². The van der Waals surface area contributed by atoms with E-state index in [2.05, 4.69) is 30.7 Å².